The van der Waals surface area contributed by atoms with E-state index in [4.69, 9.17) is 11.0 Å². The molecule has 0 bridgehead atoms. The maximum atomic E-state index is 12.9. The van der Waals surface area contributed by atoms with Crippen LogP contribution >= 0.6 is 0 Å². The van der Waals surface area contributed by atoms with Crippen LogP contribution in [0.4, 0.5) is 24.7 Å². The Hall–Kier alpha value is -2.74. The van der Waals surface area contributed by atoms with Crippen molar-refractivity contribution < 1.29 is 21.6 Å². The lowest BCUT2D eigenvalue weighted by Gasteiger charge is -2.22. The van der Waals surface area contributed by atoms with Crippen LogP contribution in [0, 0.1) is 11.3 Å². The monoisotopic (exact) mass is 387 g/mol. The third kappa shape index (κ3) is 3.75. The molecule has 1 aromatic heterocycles. The van der Waals surface area contributed by atoms with Crippen molar-refractivity contribution in [3.8, 4) is 6.07 Å². The first-order chi connectivity index (χ1) is 12.1. The Morgan fingerprint density at radius 3 is 2.62 bits per heavy atom. The van der Waals surface area contributed by atoms with Crippen molar-refractivity contribution in [2.45, 2.75) is 23.2 Å². The van der Waals surface area contributed by atoms with Crippen LogP contribution in [0.3, 0.4) is 0 Å². The van der Waals surface area contributed by atoms with Gasteiger partial charge in [0.2, 0.25) is 0 Å². The highest BCUT2D eigenvalue weighted by Gasteiger charge is 2.48. The molecule has 0 amide bonds. The fourth-order valence-electron chi connectivity index (χ4n) is 2.44. The maximum absolute atomic E-state index is 12.9. The van der Waals surface area contributed by atoms with Crippen LogP contribution < -0.4 is 10.6 Å². The zero-order valence-electron chi connectivity index (χ0n) is 13.7. The molecule has 3 N–H and O–H groups in total. The van der Waals surface area contributed by atoms with E-state index >= 15 is 0 Å². The van der Waals surface area contributed by atoms with Crippen molar-refractivity contribution in [2.75, 3.05) is 24.2 Å². The Labute approximate surface area is 148 Å². The van der Waals surface area contributed by atoms with E-state index in [1.54, 1.807) is 0 Å². The third-order valence-electron chi connectivity index (χ3n) is 3.77. The van der Waals surface area contributed by atoms with Gasteiger partial charge in [-0.25, -0.2) is 8.42 Å². The number of aromatic amines is 1. The van der Waals surface area contributed by atoms with E-state index in [1.807, 2.05) is 6.07 Å². The molecule has 0 fully saturated rings. The van der Waals surface area contributed by atoms with Crippen LogP contribution in [0.15, 0.2) is 29.2 Å². The number of anilines is 2. The predicted octanol–water partition coefficient (Wildman–Crippen LogP) is 2.23. The van der Waals surface area contributed by atoms with Crippen LogP contribution in [0.1, 0.15) is 17.7 Å². The summed E-state index contributed by atoms with van der Waals surface area (Å²) in [6, 6.07) is 6.87. The Morgan fingerprint density at radius 2 is 2.00 bits per heavy atom. The van der Waals surface area contributed by atoms with Gasteiger partial charge < -0.3 is 10.6 Å². The third-order valence-corrected chi connectivity index (χ3v) is 5.31. The molecule has 11 heteroatoms. The lowest BCUT2D eigenvalue weighted by Crippen LogP contribution is -2.27. The molecule has 0 unspecified atom stereocenters. The smallest absolute Gasteiger partial charge is 0.381 e. The minimum absolute atomic E-state index is 0.0468. The van der Waals surface area contributed by atoms with E-state index < -0.39 is 20.2 Å². The number of nitrogens with one attached hydrogen (secondary N) is 1. The average Bonchev–Trinajstić information content (AvgIpc) is 2.93. The van der Waals surface area contributed by atoms with Gasteiger partial charge in [-0.2, -0.15) is 23.5 Å². The van der Waals surface area contributed by atoms with Gasteiger partial charge in [0.15, 0.2) is 5.82 Å². The largest absolute Gasteiger partial charge is 0.501 e. The van der Waals surface area contributed by atoms with Crippen molar-refractivity contribution in [1.29, 1.82) is 5.26 Å². The van der Waals surface area contributed by atoms with Crippen molar-refractivity contribution in [2.24, 2.45) is 0 Å². The maximum Gasteiger partial charge on any atom is 0.501 e. The van der Waals surface area contributed by atoms with Gasteiger partial charge in [-0.05, 0) is 25.0 Å². The minimum Gasteiger partial charge on any atom is -0.381 e. The molecule has 0 aliphatic carbocycles. The molecule has 0 saturated carbocycles. The quantitative estimate of drug-likeness (QED) is 0.785. The second-order valence-corrected chi connectivity index (χ2v) is 7.43. The molecule has 140 valence electrons. The Kier molecular flexibility index (Phi) is 5.46. The van der Waals surface area contributed by atoms with E-state index in [1.165, 1.54) is 30.1 Å². The summed E-state index contributed by atoms with van der Waals surface area (Å²) in [5.74, 6) is 0.0810. The fraction of sp³-hybridized carbons (Fsp3) is 0.333. The number of para-hydroxylation sites is 1. The summed E-state index contributed by atoms with van der Waals surface area (Å²) in [4.78, 5) is 0.628. The van der Waals surface area contributed by atoms with Gasteiger partial charge in [0.25, 0.3) is 9.84 Å². The lowest BCUT2D eigenvalue weighted by atomic mass is 10.1. The van der Waals surface area contributed by atoms with E-state index in [0.29, 0.717) is 18.5 Å². The number of aryl methyl sites for hydroxylation is 1. The highest BCUT2D eigenvalue weighted by Crippen LogP contribution is 2.35. The molecule has 2 aromatic rings. The number of sulfone groups is 1. The van der Waals surface area contributed by atoms with Crippen LogP contribution in [-0.2, 0) is 16.3 Å². The SMILES string of the molecule is CN(CCCc1[nH]nc(N)c1C#N)c1ccccc1S(=O)(=O)C(F)(F)F. The number of nitrogen functional groups attached to an aromatic ring is 1. The Bertz CT molecular complexity index is 931. The number of nitriles is 1. The van der Waals surface area contributed by atoms with E-state index in [-0.39, 0.29) is 23.6 Å². The lowest BCUT2D eigenvalue weighted by molar-refractivity contribution is -0.0435. The first-order valence-corrected chi connectivity index (χ1v) is 8.92. The summed E-state index contributed by atoms with van der Waals surface area (Å²) in [6.07, 6.45) is 0.818. The first-order valence-electron chi connectivity index (χ1n) is 7.44. The summed E-state index contributed by atoms with van der Waals surface area (Å²) in [7, 11) is -3.96. The van der Waals surface area contributed by atoms with Gasteiger partial charge in [-0.3, -0.25) is 5.10 Å². The molecule has 2 rings (SSSR count). The number of aromatic nitrogens is 2. The van der Waals surface area contributed by atoms with Gasteiger partial charge >= 0.3 is 5.51 Å². The summed E-state index contributed by atoms with van der Waals surface area (Å²) in [6.45, 7) is 0.258. The average molecular weight is 387 g/mol. The molecular weight excluding hydrogens is 371 g/mol. The van der Waals surface area contributed by atoms with Gasteiger partial charge in [0.05, 0.1) is 16.3 Å². The van der Waals surface area contributed by atoms with Crippen LogP contribution in [0.2, 0.25) is 0 Å². The fourth-order valence-corrected chi connectivity index (χ4v) is 3.44. The first kappa shape index (κ1) is 19.6. The van der Waals surface area contributed by atoms with Gasteiger partial charge in [-0.1, -0.05) is 12.1 Å². The van der Waals surface area contributed by atoms with E-state index in [0.717, 1.165) is 6.07 Å². The summed E-state index contributed by atoms with van der Waals surface area (Å²) < 4.78 is 62.1. The number of nitrogens with two attached hydrogens (primary N) is 1. The number of rotatable bonds is 6. The number of H-pyrrole nitrogens is 1. The normalized spacial score (nSPS) is 12.0. The molecule has 0 atom stereocenters. The van der Waals surface area contributed by atoms with Gasteiger partial charge in [0, 0.05) is 13.6 Å². The topological polar surface area (TPSA) is 116 Å². The predicted molar refractivity (Wildman–Crippen MR) is 89.0 cm³/mol. The number of benzene rings is 1. The Morgan fingerprint density at radius 1 is 1.35 bits per heavy atom. The molecule has 7 nitrogen and oxygen atoms in total. The van der Waals surface area contributed by atoms with Crippen molar-refractivity contribution in [3.63, 3.8) is 0 Å². The number of hydrogen-bond donors (Lipinski definition) is 2. The minimum atomic E-state index is -5.45. The number of halogens is 3. The molecule has 0 aliphatic heterocycles. The molecule has 0 aliphatic rings. The number of hydrogen-bond acceptors (Lipinski definition) is 6. The summed E-state index contributed by atoms with van der Waals surface area (Å²) in [5.41, 5.74) is 0.864. The highest BCUT2D eigenvalue weighted by atomic mass is 32.2. The van der Waals surface area contributed by atoms with Crippen molar-refractivity contribution in [3.05, 3.63) is 35.5 Å². The zero-order chi connectivity index (χ0) is 19.5. The Balaban J connectivity index is 2.16. The molecule has 26 heavy (non-hydrogen) atoms. The van der Waals surface area contributed by atoms with E-state index in [9.17, 15) is 21.6 Å². The van der Waals surface area contributed by atoms with Crippen molar-refractivity contribution in [1.82, 2.24) is 10.2 Å². The van der Waals surface area contributed by atoms with Gasteiger partial charge in [0.1, 0.15) is 11.6 Å². The van der Waals surface area contributed by atoms with Crippen LogP contribution in [-0.4, -0.2) is 37.7 Å². The van der Waals surface area contributed by atoms with Gasteiger partial charge in [-0.15, -0.1) is 0 Å². The van der Waals surface area contributed by atoms with Crippen LogP contribution in [0.5, 0.6) is 0 Å². The highest BCUT2D eigenvalue weighted by molar-refractivity contribution is 7.92. The standard InChI is InChI=1S/C15H16F3N5O2S/c1-23(8-4-5-11-10(9-19)14(20)22-21-11)12-6-2-3-7-13(12)26(24,25)15(16,17)18/h2-3,6-7H,4-5,8H2,1H3,(H3,20,21,22). The molecule has 0 spiro atoms. The molecule has 0 saturated heterocycles. The van der Waals surface area contributed by atoms with Crippen molar-refractivity contribution >= 4 is 21.3 Å². The van der Waals surface area contributed by atoms with Crippen LogP contribution in [0.25, 0.3) is 0 Å². The summed E-state index contributed by atoms with van der Waals surface area (Å²) in [5, 5.41) is 15.4. The molecular formula is C15H16F3N5O2S. The second kappa shape index (κ2) is 7.25. The molecule has 0 radical (unpaired) electrons. The summed E-state index contributed by atoms with van der Waals surface area (Å²) >= 11 is 0. The second-order valence-electron chi connectivity index (χ2n) is 5.52. The number of alkyl halides is 3. The molecule has 1 heterocycles. The molecule has 1 aromatic carbocycles. The number of nitrogens with zero attached hydrogens (tertiary/aromatic N) is 3. The van der Waals surface area contributed by atoms with E-state index in [2.05, 4.69) is 10.2 Å². The zero-order valence-corrected chi connectivity index (χ0v) is 14.5.